The van der Waals surface area contributed by atoms with Crippen LogP contribution in [0.25, 0.3) is 0 Å². The molecule has 0 amide bonds. The Hall–Kier alpha value is -1.88. The summed E-state index contributed by atoms with van der Waals surface area (Å²) in [5.41, 5.74) is 8.11. The third-order valence-electron chi connectivity index (χ3n) is 2.92. The summed E-state index contributed by atoms with van der Waals surface area (Å²) in [7, 11) is 0. The van der Waals surface area contributed by atoms with Crippen LogP contribution in [0, 0.1) is 0 Å². The van der Waals surface area contributed by atoms with Crippen molar-refractivity contribution in [3.05, 3.63) is 40.4 Å². The first-order valence-corrected chi connectivity index (χ1v) is 6.59. The molecule has 2 N–H and O–H groups in total. The number of rotatable bonds is 3. The molecule has 1 aliphatic rings. The van der Waals surface area contributed by atoms with E-state index in [0.717, 1.165) is 23.4 Å². The molecule has 0 saturated carbocycles. The summed E-state index contributed by atoms with van der Waals surface area (Å²) >= 11 is 1.36. The number of hydrogen-bond acceptors (Lipinski definition) is 5. The Labute approximate surface area is 108 Å². The first kappa shape index (κ1) is 11.2. The van der Waals surface area contributed by atoms with Gasteiger partial charge in [0.2, 0.25) is 0 Å². The smallest absolute Gasteiger partial charge is 0.180 e. The second-order valence-corrected chi connectivity index (χ2v) is 5.09. The molecule has 0 radical (unpaired) electrons. The fraction of sp³-hybridized carbons (Fsp3) is 0.231. The van der Waals surface area contributed by atoms with E-state index in [9.17, 15) is 4.79 Å². The number of carbonyl (C=O) groups is 1. The van der Waals surface area contributed by atoms with Crippen molar-refractivity contribution >= 4 is 22.3 Å². The van der Waals surface area contributed by atoms with E-state index in [2.05, 4.69) is 4.98 Å². The summed E-state index contributed by atoms with van der Waals surface area (Å²) in [5.74, 6) is 0.958. The number of hydrogen-bond donors (Lipinski definition) is 1. The molecule has 0 atom stereocenters. The summed E-state index contributed by atoms with van der Waals surface area (Å²) in [6, 6.07) is 5.59. The van der Waals surface area contributed by atoms with Gasteiger partial charge >= 0.3 is 0 Å². The predicted octanol–water partition coefficient (Wildman–Crippen LogP) is 2.09. The van der Waals surface area contributed by atoms with Gasteiger partial charge in [0.25, 0.3) is 0 Å². The Bertz CT molecular complexity index is 607. The molecule has 2 heterocycles. The van der Waals surface area contributed by atoms with E-state index < -0.39 is 0 Å². The average molecular weight is 260 g/mol. The van der Waals surface area contributed by atoms with Gasteiger partial charge in [-0.05, 0) is 23.8 Å². The van der Waals surface area contributed by atoms with E-state index in [-0.39, 0.29) is 5.78 Å². The highest BCUT2D eigenvalue weighted by Gasteiger charge is 2.15. The van der Waals surface area contributed by atoms with Crippen molar-refractivity contribution in [2.24, 2.45) is 0 Å². The number of thiazole rings is 1. The van der Waals surface area contributed by atoms with Crippen LogP contribution in [0.15, 0.2) is 23.6 Å². The van der Waals surface area contributed by atoms with E-state index >= 15 is 0 Å². The largest absolute Gasteiger partial charge is 0.493 e. The number of ketones is 1. The van der Waals surface area contributed by atoms with Gasteiger partial charge in [0.05, 0.1) is 18.7 Å². The first-order chi connectivity index (χ1) is 8.72. The summed E-state index contributed by atoms with van der Waals surface area (Å²) < 4.78 is 5.42. The van der Waals surface area contributed by atoms with Gasteiger partial charge in [-0.2, -0.15) is 0 Å². The zero-order valence-electron chi connectivity index (χ0n) is 9.68. The molecule has 0 aliphatic carbocycles. The van der Waals surface area contributed by atoms with E-state index in [1.165, 1.54) is 11.3 Å². The third kappa shape index (κ3) is 2.09. The fourth-order valence-electron chi connectivity index (χ4n) is 2.03. The zero-order valence-corrected chi connectivity index (χ0v) is 10.5. The molecular formula is C13H12N2O2S. The van der Waals surface area contributed by atoms with Gasteiger partial charge in [-0.1, -0.05) is 0 Å². The first-order valence-electron chi connectivity index (χ1n) is 5.71. The van der Waals surface area contributed by atoms with Crippen molar-refractivity contribution < 1.29 is 9.53 Å². The lowest BCUT2D eigenvalue weighted by atomic mass is 10.0. The Morgan fingerprint density at radius 2 is 2.39 bits per heavy atom. The van der Waals surface area contributed by atoms with Gasteiger partial charge in [0, 0.05) is 17.4 Å². The van der Waals surface area contributed by atoms with Crippen LogP contribution < -0.4 is 10.5 Å². The normalized spacial score (nSPS) is 13.1. The standard InChI is InChI=1S/C13H12N2O2S/c14-13-15-10(7-18-13)6-11(16)8-1-2-12-9(5-8)3-4-17-12/h1-2,5,7H,3-4,6H2,(H2,14,15). The van der Waals surface area contributed by atoms with Crippen molar-refractivity contribution in [2.75, 3.05) is 12.3 Å². The predicted molar refractivity (Wildman–Crippen MR) is 70.2 cm³/mol. The van der Waals surface area contributed by atoms with Crippen LogP contribution in [0.3, 0.4) is 0 Å². The van der Waals surface area contributed by atoms with Crippen molar-refractivity contribution in [1.29, 1.82) is 0 Å². The number of nitrogen functional groups attached to an aromatic ring is 1. The second-order valence-electron chi connectivity index (χ2n) is 4.20. The molecular weight excluding hydrogens is 248 g/mol. The number of fused-ring (bicyclic) bond motifs is 1. The molecule has 0 spiro atoms. The molecule has 5 heteroatoms. The Balaban J connectivity index is 1.80. The maximum absolute atomic E-state index is 12.1. The minimum atomic E-state index is 0.0648. The molecule has 1 aromatic heterocycles. The van der Waals surface area contributed by atoms with Gasteiger partial charge in [-0.25, -0.2) is 4.98 Å². The highest BCUT2D eigenvalue weighted by Crippen LogP contribution is 2.26. The van der Waals surface area contributed by atoms with E-state index in [1.54, 1.807) is 0 Å². The van der Waals surface area contributed by atoms with Crippen LogP contribution in [0.4, 0.5) is 5.13 Å². The molecule has 0 fully saturated rings. The van der Waals surface area contributed by atoms with Crippen LogP contribution in [0.5, 0.6) is 5.75 Å². The van der Waals surface area contributed by atoms with Crippen molar-refractivity contribution in [1.82, 2.24) is 4.98 Å². The molecule has 0 unspecified atom stereocenters. The van der Waals surface area contributed by atoms with Crippen LogP contribution in [-0.2, 0) is 12.8 Å². The molecule has 1 aromatic carbocycles. The number of nitrogens with zero attached hydrogens (tertiary/aromatic N) is 1. The van der Waals surface area contributed by atoms with Crippen LogP contribution in [0.2, 0.25) is 0 Å². The van der Waals surface area contributed by atoms with E-state index in [4.69, 9.17) is 10.5 Å². The van der Waals surface area contributed by atoms with Crippen LogP contribution in [-0.4, -0.2) is 17.4 Å². The van der Waals surface area contributed by atoms with Gasteiger partial charge < -0.3 is 10.5 Å². The summed E-state index contributed by atoms with van der Waals surface area (Å²) in [5, 5.41) is 2.32. The Kier molecular flexibility index (Phi) is 2.76. The van der Waals surface area contributed by atoms with Gasteiger partial charge in [0.15, 0.2) is 10.9 Å². The number of ether oxygens (including phenoxy) is 1. The minimum absolute atomic E-state index is 0.0648. The summed E-state index contributed by atoms with van der Waals surface area (Å²) in [6.45, 7) is 0.704. The summed E-state index contributed by atoms with van der Waals surface area (Å²) in [6.07, 6.45) is 1.17. The number of benzene rings is 1. The lowest BCUT2D eigenvalue weighted by Gasteiger charge is -2.02. The van der Waals surface area contributed by atoms with Crippen LogP contribution >= 0.6 is 11.3 Å². The Morgan fingerprint density at radius 3 is 3.17 bits per heavy atom. The molecule has 1 aliphatic heterocycles. The Morgan fingerprint density at radius 1 is 1.50 bits per heavy atom. The molecule has 4 nitrogen and oxygen atoms in total. The second kappa shape index (κ2) is 4.42. The lowest BCUT2D eigenvalue weighted by molar-refractivity contribution is 0.0992. The SMILES string of the molecule is Nc1nc(CC(=O)c2ccc3c(c2)CCO3)cs1. The van der Waals surface area contributed by atoms with E-state index in [0.29, 0.717) is 23.7 Å². The van der Waals surface area contributed by atoms with Crippen molar-refractivity contribution in [2.45, 2.75) is 12.8 Å². The topological polar surface area (TPSA) is 65.2 Å². The van der Waals surface area contributed by atoms with Crippen molar-refractivity contribution in [3.8, 4) is 5.75 Å². The lowest BCUT2D eigenvalue weighted by Crippen LogP contribution is -2.04. The molecule has 0 saturated heterocycles. The number of Topliss-reactive ketones (excluding diaryl/α,β-unsaturated/α-hetero) is 1. The zero-order chi connectivity index (χ0) is 12.5. The average Bonchev–Trinajstić information content (AvgIpc) is 2.96. The van der Waals surface area contributed by atoms with E-state index in [1.807, 2.05) is 23.6 Å². The van der Waals surface area contributed by atoms with Crippen molar-refractivity contribution in [3.63, 3.8) is 0 Å². The third-order valence-corrected chi connectivity index (χ3v) is 3.65. The highest BCUT2D eigenvalue weighted by molar-refractivity contribution is 7.13. The maximum Gasteiger partial charge on any atom is 0.180 e. The number of carbonyl (C=O) groups excluding carboxylic acids is 1. The number of aromatic nitrogens is 1. The molecule has 2 aromatic rings. The molecule has 0 bridgehead atoms. The summed E-state index contributed by atoms with van der Waals surface area (Å²) in [4.78, 5) is 16.2. The van der Waals surface area contributed by atoms with Gasteiger partial charge in [-0.3, -0.25) is 4.79 Å². The quantitative estimate of drug-likeness (QED) is 0.858. The fourth-order valence-corrected chi connectivity index (χ4v) is 2.59. The molecule has 3 rings (SSSR count). The minimum Gasteiger partial charge on any atom is -0.493 e. The molecule has 18 heavy (non-hydrogen) atoms. The molecule has 92 valence electrons. The number of anilines is 1. The highest BCUT2D eigenvalue weighted by atomic mass is 32.1. The maximum atomic E-state index is 12.1. The van der Waals surface area contributed by atoms with Gasteiger partial charge in [0.1, 0.15) is 5.75 Å². The monoisotopic (exact) mass is 260 g/mol. The number of nitrogens with two attached hydrogens (primary N) is 1. The van der Waals surface area contributed by atoms with Gasteiger partial charge in [-0.15, -0.1) is 11.3 Å². The van der Waals surface area contributed by atoms with Crippen LogP contribution in [0.1, 0.15) is 21.6 Å².